The number of benzene rings is 1. The molecule has 150 valence electrons. The van der Waals surface area contributed by atoms with Crippen molar-refractivity contribution < 1.29 is 14.2 Å². The Labute approximate surface area is 167 Å². The number of alkyl halides is 1. The topological polar surface area (TPSA) is 85.1 Å². The van der Waals surface area contributed by atoms with Crippen LogP contribution in [0.5, 0.6) is 11.6 Å². The van der Waals surface area contributed by atoms with Gasteiger partial charge in [0.25, 0.3) is 0 Å². The fraction of sp³-hybridized carbons (Fsp3) is 0.381. The molecule has 2 bridgehead atoms. The van der Waals surface area contributed by atoms with E-state index in [0.29, 0.717) is 17.1 Å². The Morgan fingerprint density at radius 1 is 1.28 bits per heavy atom. The summed E-state index contributed by atoms with van der Waals surface area (Å²) >= 11 is 0. The molecule has 1 aliphatic carbocycles. The smallest absolute Gasteiger partial charge is 0.233 e. The van der Waals surface area contributed by atoms with Gasteiger partial charge in [0.15, 0.2) is 6.17 Å². The molecule has 3 aromatic rings. The van der Waals surface area contributed by atoms with Gasteiger partial charge >= 0.3 is 0 Å². The van der Waals surface area contributed by atoms with Crippen LogP contribution >= 0.6 is 0 Å². The highest BCUT2D eigenvalue weighted by Gasteiger charge is 2.52. The maximum atomic E-state index is 14.9. The molecule has 4 heterocycles. The van der Waals surface area contributed by atoms with E-state index in [1.165, 1.54) is 0 Å². The first-order chi connectivity index (χ1) is 14.0. The second-order valence-electron chi connectivity index (χ2n) is 8.01. The molecule has 0 amide bonds. The van der Waals surface area contributed by atoms with Crippen LogP contribution in [0.15, 0.2) is 49.1 Å². The fourth-order valence-corrected chi connectivity index (χ4v) is 4.29. The summed E-state index contributed by atoms with van der Waals surface area (Å²) in [6, 6.07) is 8.69. The first kappa shape index (κ1) is 18.1. The highest BCUT2D eigenvalue weighted by Crippen LogP contribution is 2.40. The van der Waals surface area contributed by atoms with Crippen LogP contribution in [0.2, 0.25) is 0 Å². The zero-order valence-corrected chi connectivity index (χ0v) is 16.0. The highest BCUT2D eigenvalue weighted by atomic mass is 19.1. The third-order valence-corrected chi connectivity index (χ3v) is 6.12. The summed E-state index contributed by atoms with van der Waals surface area (Å²) < 4.78 is 22.6. The molecule has 7 nitrogen and oxygen atoms in total. The zero-order valence-electron chi connectivity index (χ0n) is 16.0. The lowest BCUT2D eigenvalue weighted by Gasteiger charge is -2.51. The van der Waals surface area contributed by atoms with Crippen molar-refractivity contribution in [2.24, 2.45) is 5.92 Å². The van der Waals surface area contributed by atoms with Crippen molar-refractivity contribution in [1.29, 1.82) is 0 Å². The maximum absolute atomic E-state index is 14.9. The van der Waals surface area contributed by atoms with Gasteiger partial charge in [-0.3, -0.25) is 0 Å². The Morgan fingerprint density at radius 2 is 2.17 bits per heavy atom. The number of hydrogen-bond donors (Lipinski definition) is 2. The molecule has 8 heteroatoms. The third-order valence-electron chi connectivity index (χ3n) is 6.12. The number of phenols is 1. The van der Waals surface area contributed by atoms with Gasteiger partial charge in [-0.2, -0.15) is 0 Å². The molecule has 2 N–H and O–H groups in total. The number of piperidine rings is 2. The number of aromatic hydroxyl groups is 1. The van der Waals surface area contributed by atoms with Gasteiger partial charge in [0.2, 0.25) is 5.88 Å². The zero-order chi connectivity index (χ0) is 20.0. The molecule has 6 rings (SSSR count). The monoisotopic (exact) mass is 395 g/mol. The average molecular weight is 395 g/mol. The Morgan fingerprint density at radius 3 is 2.83 bits per heavy atom. The molecule has 1 unspecified atom stereocenters. The predicted octanol–water partition coefficient (Wildman–Crippen LogP) is 2.89. The van der Waals surface area contributed by atoms with Gasteiger partial charge in [-0.1, -0.05) is 0 Å². The van der Waals surface area contributed by atoms with Crippen LogP contribution in [0.4, 0.5) is 4.39 Å². The number of halogens is 1. The lowest BCUT2D eigenvalue weighted by atomic mass is 9.70. The lowest BCUT2D eigenvalue weighted by molar-refractivity contribution is -0.0729. The summed E-state index contributed by atoms with van der Waals surface area (Å²) in [4.78, 5) is 4.00. The van der Waals surface area contributed by atoms with Crippen molar-refractivity contribution in [3.05, 3.63) is 49.1 Å². The van der Waals surface area contributed by atoms with Crippen molar-refractivity contribution in [3.8, 4) is 28.6 Å². The molecular formula is C21H22FN5O2. The van der Waals surface area contributed by atoms with Crippen LogP contribution in [0.3, 0.4) is 0 Å². The summed E-state index contributed by atoms with van der Waals surface area (Å²) in [5.74, 6) is 0.520. The second-order valence-corrected chi connectivity index (χ2v) is 8.01. The minimum atomic E-state index is -1.09. The van der Waals surface area contributed by atoms with Gasteiger partial charge in [0.05, 0.1) is 23.2 Å². The molecule has 2 aromatic heterocycles. The molecule has 29 heavy (non-hydrogen) atoms. The van der Waals surface area contributed by atoms with E-state index in [2.05, 4.69) is 20.5 Å². The van der Waals surface area contributed by atoms with Crippen LogP contribution < -0.4 is 10.1 Å². The molecule has 2 aliphatic heterocycles. The number of nitrogens with one attached hydrogen (secondary N) is 1. The Bertz CT molecular complexity index is 1000. The van der Waals surface area contributed by atoms with Crippen LogP contribution in [0, 0.1) is 5.92 Å². The molecule has 1 aromatic carbocycles. The Hall–Kier alpha value is -3.00. The first-order valence-electron chi connectivity index (χ1n) is 9.75. The fourth-order valence-electron chi connectivity index (χ4n) is 4.29. The van der Waals surface area contributed by atoms with Crippen molar-refractivity contribution in [1.82, 2.24) is 25.1 Å². The molecule has 0 radical (unpaired) electrons. The molecule has 0 spiro atoms. The van der Waals surface area contributed by atoms with E-state index >= 15 is 0 Å². The van der Waals surface area contributed by atoms with E-state index in [4.69, 9.17) is 4.74 Å². The van der Waals surface area contributed by atoms with Crippen molar-refractivity contribution in [2.45, 2.75) is 37.6 Å². The van der Waals surface area contributed by atoms with E-state index in [1.807, 2.05) is 13.0 Å². The van der Waals surface area contributed by atoms with Gasteiger partial charge in [-0.25, -0.2) is 9.37 Å². The minimum Gasteiger partial charge on any atom is -0.507 e. The van der Waals surface area contributed by atoms with Crippen LogP contribution in [0.1, 0.15) is 19.8 Å². The maximum Gasteiger partial charge on any atom is 0.233 e. The molecule has 3 aliphatic rings. The number of aromatic nitrogens is 4. The summed E-state index contributed by atoms with van der Waals surface area (Å²) in [7, 11) is 0. The van der Waals surface area contributed by atoms with E-state index in [9.17, 15) is 9.50 Å². The quantitative estimate of drug-likeness (QED) is 0.707. The molecule has 1 saturated carbocycles. The number of hydrogen-bond acceptors (Lipinski definition) is 6. The van der Waals surface area contributed by atoms with Crippen molar-refractivity contribution in [3.63, 3.8) is 0 Å². The van der Waals surface area contributed by atoms with E-state index in [1.54, 1.807) is 47.6 Å². The third kappa shape index (κ3) is 3.13. The van der Waals surface area contributed by atoms with Gasteiger partial charge in [-0.15, -0.1) is 10.2 Å². The van der Waals surface area contributed by atoms with E-state index in [-0.39, 0.29) is 11.7 Å². The van der Waals surface area contributed by atoms with Crippen LogP contribution in [0.25, 0.3) is 16.9 Å². The standard InChI is InChI=1S/C21H22FN5O2/c1-21-7-6-13(11-24-21)19(20(21)22)29-18-5-4-16(25-26-18)15-3-2-14(10-17(15)28)27-9-8-23-12-27/h2-5,8-10,12-13,19-20,24,28H,6-7,11H2,1H3/t13?,19-,20+,21-/m0/s1. The van der Waals surface area contributed by atoms with E-state index in [0.717, 1.165) is 25.1 Å². The Kier molecular flexibility index (Phi) is 4.24. The normalized spacial score (nSPS) is 28.4. The minimum absolute atomic E-state index is 0.0894. The number of nitrogens with zero attached hydrogens (tertiary/aromatic N) is 4. The number of phenolic OH excluding ortho intramolecular Hbond substituents is 1. The number of fused-ring (bicyclic) bond motifs is 3. The first-order valence-corrected chi connectivity index (χ1v) is 9.75. The van der Waals surface area contributed by atoms with Gasteiger partial charge in [-0.05, 0) is 38.0 Å². The van der Waals surface area contributed by atoms with Gasteiger partial charge in [0, 0.05) is 42.6 Å². The van der Waals surface area contributed by atoms with Gasteiger partial charge in [0.1, 0.15) is 11.9 Å². The molecule has 4 atom stereocenters. The average Bonchev–Trinajstić information content (AvgIpc) is 3.27. The number of ether oxygens (including phenoxy) is 1. The molecule has 3 fully saturated rings. The van der Waals surface area contributed by atoms with Crippen molar-refractivity contribution in [2.75, 3.05) is 6.54 Å². The second kappa shape index (κ2) is 6.81. The van der Waals surface area contributed by atoms with Crippen LogP contribution in [-0.2, 0) is 0 Å². The predicted molar refractivity (Wildman–Crippen MR) is 105 cm³/mol. The number of rotatable bonds is 4. The van der Waals surface area contributed by atoms with Gasteiger partial charge < -0.3 is 19.7 Å². The summed E-state index contributed by atoms with van der Waals surface area (Å²) in [6.45, 7) is 2.67. The van der Waals surface area contributed by atoms with E-state index < -0.39 is 17.8 Å². The largest absolute Gasteiger partial charge is 0.507 e. The number of imidazole rings is 1. The Balaban J connectivity index is 1.34. The lowest BCUT2D eigenvalue weighted by Crippen LogP contribution is -2.68. The SMILES string of the molecule is C[C@@]12CCC(CN1)[C@H](Oc1ccc(-c3ccc(-n4ccnc4)cc3O)nn1)[C@H]2F. The van der Waals surface area contributed by atoms with Crippen LogP contribution in [-0.4, -0.2) is 49.2 Å². The van der Waals surface area contributed by atoms with Crippen molar-refractivity contribution >= 4 is 0 Å². The summed E-state index contributed by atoms with van der Waals surface area (Å²) in [5.41, 5.74) is 1.34. The molecule has 2 saturated heterocycles. The summed E-state index contributed by atoms with van der Waals surface area (Å²) in [5, 5.41) is 22.0. The molecular weight excluding hydrogens is 373 g/mol. The summed E-state index contributed by atoms with van der Waals surface area (Å²) in [6.07, 6.45) is 5.29. The highest BCUT2D eigenvalue weighted by molar-refractivity contribution is 5.68.